The molecule has 0 aliphatic rings. The number of hydrogen-bond donors (Lipinski definition) is 1. The molecule has 1 aromatic heterocycles. The number of benzene rings is 1. The van der Waals surface area contributed by atoms with E-state index in [1.165, 1.54) is 6.07 Å². The van der Waals surface area contributed by atoms with Gasteiger partial charge in [0, 0.05) is 13.5 Å². The third kappa shape index (κ3) is 3.70. The fourth-order valence-corrected chi connectivity index (χ4v) is 3.06. The van der Waals surface area contributed by atoms with Crippen LogP contribution < -0.4 is 0 Å². The number of aliphatic hydroxyl groups is 1. The fraction of sp³-hybridized carbons (Fsp3) is 0.400. The molecule has 6 heteroatoms. The summed E-state index contributed by atoms with van der Waals surface area (Å²) in [5.41, 5.74) is -0.165. The largest absolute Gasteiger partial charge is 0.383 e. The third-order valence-corrected chi connectivity index (χ3v) is 3.88. The van der Waals surface area contributed by atoms with Crippen molar-refractivity contribution in [1.82, 2.24) is 9.78 Å². The maximum Gasteiger partial charge on any atom is 0.126 e. The predicted octanol–water partition coefficient (Wildman–Crippen LogP) is 2.88. The third-order valence-electron chi connectivity index (χ3n) is 3.30. The van der Waals surface area contributed by atoms with E-state index >= 15 is 0 Å². The maximum atomic E-state index is 13.8. The van der Waals surface area contributed by atoms with Crippen molar-refractivity contribution < 1.29 is 14.2 Å². The topological polar surface area (TPSA) is 47.3 Å². The van der Waals surface area contributed by atoms with Crippen molar-refractivity contribution in [2.45, 2.75) is 25.5 Å². The highest BCUT2D eigenvalue weighted by Crippen LogP contribution is 2.31. The molecule has 0 radical (unpaired) electrons. The van der Waals surface area contributed by atoms with E-state index < -0.39 is 5.60 Å². The molecule has 0 fully saturated rings. The molecule has 0 aliphatic heterocycles. The van der Waals surface area contributed by atoms with Gasteiger partial charge in [-0.1, -0.05) is 18.2 Å². The average molecular weight is 357 g/mol. The minimum absolute atomic E-state index is 0.164. The average Bonchev–Trinajstić information content (AvgIpc) is 2.81. The Bertz CT molecular complexity index is 613. The summed E-state index contributed by atoms with van der Waals surface area (Å²) < 4.78 is 21.2. The maximum absolute atomic E-state index is 13.8. The lowest BCUT2D eigenvalue weighted by Crippen LogP contribution is -2.29. The lowest BCUT2D eigenvalue weighted by atomic mass is 9.93. The van der Waals surface area contributed by atoms with Gasteiger partial charge >= 0.3 is 0 Å². The summed E-state index contributed by atoms with van der Waals surface area (Å²) in [6.07, 6.45) is 1.79. The van der Waals surface area contributed by atoms with Crippen LogP contribution in [-0.4, -0.2) is 28.6 Å². The van der Waals surface area contributed by atoms with Crippen molar-refractivity contribution in [3.63, 3.8) is 0 Å². The number of methoxy groups -OCH3 is 1. The summed E-state index contributed by atoms with van der Waals surface area (Å²) in [6, 6.07) is 6.45. The van der Waals surface area contributed by atoms with Crippen LogP contribution in [0.3, 0.4) is 0 Å². The molecule has 1 aromatic carbocycles. The zero-order chi connectivity index (χ0) is 15.5. The highest BCUT2D eigenvalue weighted by molar-refractivity contribution is 9.10. The van der Waals surface area contributed by atoms with Gasteiger partial charge in [0.25, 0.3) is 0 Å². The number of rotatable bonds is 6. The van der Waals surface area contributed by atoms with Gasteiger partial charge in [0.2, 0.25) is 0 Å². The smallest absolute Gasteiger partial charge is 0.126 e. The number of nitrogens with zero attached hydrogens (tertiary/aromatic N) is 2. The molecule has 1 unspecified atom stereocenters. The van der Waals surface area contributed by atoms with Crippen LogP contribution in [0.4, 0.5) is 4.39 Å². The Kier molecular flexibility index (Phi) is 5.13. The van der Waals surface area contributed by atoms with E-state index in [0.717, 1.165) is 0 Å². The van der Waals surface area contributed by atoms with E-state index in [9.17, 15) is 9.50 Å². The quantitative estimate of drug-likeness (QED) is 0.865. The van der Waals surface area contributed by atoms with Crippen molar-refractivity contribution in [3.8, 4) is 0 Å². The van der Waals surface area contributed by atoms with Crippen LogP contribution in [0.25, 0.3) is 0 Å². The Morgan fingerprint density at radius 2 is 2.14 bits per heavy atom. The summed E-state index contributed by atoms with van der Waals surface area (Å²) >= 11 is 3.40. The van der Waals surface area contributed by atoms with Crippen LogP contribution in [0.1, 0.15) is 18.2 Å². The zero-order valence-corrected chi connectivity index (χ0v) is 13.6. The minimum Gasteiger partial charge on any atom is -0.383 e. The van der Waals surface area contributed by atoms with Gasteiger partial charge in [0.15, 0.2) is 0 Å². The number of aromatic nitrogens is 2. The summed E-state index contributed by atoms with van der Waals surface area (Å²) in [6.45, 7) is 2.66. The molecule has 0 saturated carbocycles. The molecular formula is C15H18BrFN2O2. The highest BCUT2D eigenvalue weighted by Gasteiger charge is 2.31. The highest BCUT2D eigenvalue weighted by atomic mass is 79.9. The summed E-state index contributed by atoms with van der Waals surface area (Å²) in [5, 5.41) is 15.0. The van der Waals surface area contributed by atoms with Crippen LogP contribution in [0.2, 0.25) is 0 Å². The second kappa shape index (κ2) is 6.68. The molecule has 21 heavy (non-hydrogen) atoms. The predicted molar refractivity (Wildman–Crippen MR) is 81.5 cm³/mol. The lowest BCUT2D eigenvalue weighted by molar-refractivity contribution is 0.0444. The molecule has 4 nitrogen and oxygen atoms in total. The molecule has 0 amide bonds. The van der Waals surface area contributed by atoms with Crippen molar-refractivity contribution in [2.75, 3.05) is 13.7 Å². The minimum atomic E-state index is -1.24. The Hall–Kier alpha value is -1.24. The summed E-state index contributed by atoms with van der Waals surface area (Å²) in [7, 11) is 1.61. The molecule has 0 aliphatic carbocycles. The molecule has 2 aromatic rings. The number of hydrogen-bond acceptors (Lipinski definition) is 3. The first kappa shape index (κ1) is 16.1. The second-order valence-corrected chi connectivity index (χ2v) is 5.95. The van der Waals surface area contributed by atoms with Gasteiger partial charge in [-0.25, -0.2) is 4.39 Å². The van der Waals surface area contributed by atoms with Crippen molar-refractivity contribution >= 4 is 15.9 Å². The monoisotopic (exact) mass is 356 g/mol. The SMILES string of the molecule is COCCn1ncc(Br)c1C(C)(O)Cc1ccccc1F. The second-order valence-electron chi connectivity index (χ2n) is 5.10. The van der Waals surface area contributed by atoms with Crippen LogP contribution in [0, 0.1) is 5.82 Å². The molecule has 1 atom stereocenters. The number of halogens is 2. The van der Waals surface area contributed by atoms with Crippen LogP contribution in [0.5, 0.6) is 0 Å². The van der Waals surface area contributed by atoms with Crippen LogP contribution in [-0.2, 0) is 23.3 Å². The molecule has 1 heterocycles. The Balaban J connectivity index is 2.31. The van der Waals surface area contributed by atoms with E-state index in [-0.39, 0.29) is 12.2 Å². The standard InChI is InChI=1S/C15H18BrFN2O2/c1-15(20,9-11-5-3-4-6-13(11)17)14-12(16)10-18-19(14)7-8-21-2/h3-6,10,20H,7-9H2,1-2H3. The molecule has 0 saturated heterocycles. The molecule has 1 N–H and O–H groups in total. The molecule has 114 valence electrons. The summed E-state index contributed by atoms with van der Waals surface area (Å²) in [5.74, 6) is -0.322. The lowest BCUT2D eigenvalue weighted by Gasteiger charge is -2.25. The van der Waals surface area contributed by atoms with E-state index in [1.807, 2.05) is 0 Å². The molecule has 2 rings (SSSR count). The Labute approximate surface area is 131 Å². The Morgan fingerprint density at radius 3 is 2.81 bits per heavy atom. The van der Waals surface area contributed by atoms with Gasteiger partial charge in [-0.3, -0.25) is 4.68 Å². The molecule has 0 bridgehead atoms. The van der Waals surface area contributed by atoms with Crippen molar-refractivity contribution in [2.24, 2.45) is 0 Å². The van der Waals surface area contributed by atoms with Gasteiger partial charge < -0.3 is 9.84 Å². The van der Waals surface area contributed by atoms with E-state index in [0.29, 0.717) is 28.9 Å². The van der Waals surface area contributed by atoms with Gasteiger partial charge in [-0.2, -0.15) is 5.10 Å². The van der Waals surface area contributed by atoms with E-state index in [2.05, 4.69) is 21.0 Å². The molecule has 0 spiro atoms. The van der Waals surface area contributed by atoms with Crippen molar-refractivity contribution in [1.29, 1.82) is 0 Å². The summed E-state index contributed by atoms with van der Waals surface area (Å²) in [4.78, 5) is 0. The first-order valence-electron chi connectivity index (χ1n) is 6.62. The van der Waals surface area contributed by atoms with Gasteiger partial charge in [0.05, 0.1) is 29.5 Å². The molecular weight excluding hydrogens is 339 g/mol. The number of ether oxygens (including phenoxy) is 1. The first-order valence-corrected chi connectivity index (χ1v) is 7.41. The Morgan fingerprint density at radius 1 is 1.43 bits per heavy atom. The first-order chi connectivity index (χ1) is 9.95. The van der Waals surface area contributed by atoms with Gasteiger partial charge in [0.1, 0.15) is 11.4 Å². The van der Waals surface area contributed by atoms with Crippen LogP contribution in [0.15, 0.2) is 34.9 Å². The van der Waals surface area contributed by atoms with Crippen molar-refractivity contribution in [3.05, 3.63) is 52.0 Å². The van der Waals surface area contributed by atoms with E-state index in [4.69, 9.17) is 4.74 Å². The van der Waals surface area contributed by atoms with Gasteiger partial charge in [-0.15, -0.1) is 0 Å². The zero-order valence-electron chi connectivity index (χ0n) is 12.0. The van der Waals surface area contributed by atoms with Crippen LogP contribution >= 0.6 is 15.9 Å². The van der Waals surface area contributed by atoms with E-state index in [1.54, 1.807) is 43.1 Å². The fourth-order valence-electron chi connectivity index (χ4n) is 2.34. The normalized spacial score (nSPS) is 14.1. The van der Waals surface area contributed by atoms with Gasteiger partial charge in [-0.05, 0) is 34.5 Å².